The van der Waals surface area contributed by atoms with Crippen LogP contribution in [0.5, 0.6) is 0 Å². The van der Waals surface area contributed by atoms with Gasteiger partial charge in [0.1, 0.15) is 0 Å². The number of nitrogens with zero attached hydrogens (tertiary/aromatic N) is 1. The van der Waals surface area contributed by atoms with Crippen molar-refractivity contribution >= 4 is 60.3 Å². The summed E-state index contributed by atoms with van der Waals surface area (Å²) in [6.07, 6.45) is 2.10. The summed E-state index contributed by atoms with van der Waals surface area (Å²) < 4.78 is 2.62. The van der Waals surface area contributed by atoms with Gasteiger partial charge in [0.2, 0.25) is 0 Å². The van der Waals surface area contributed by atoms with Gasteiger partial charge in [0.25, 0.3) is 0 Å². The van der Waals surface area contributed by atoms with Crippen molar-refractivity contribution in [2.45, 2.75) is 34.0 Å². The molecular weight excluding hydrogens is 775 g/mol. The van der Waals surface area contributed by atoms with Gasteiger partial charge in [0.15, 0.2) is 0 Å². The van der Waals surface area contributed by atoms with Crippen LogP contribution in [0.2, 0.25) is 0 Å². The Morgan fingerprint density at radius 2 is 1.02 bits per heavy atom. The molecule has 0 saturated carbocycles. The van der Waals surface area contributed by atoms with Crippen molar-refractivity contribution < 1.29 is 0 Å². The maximum absolute atomic E-state index is 2.47. The van der Waals surface area contributed by atoms with E-state index in [-0.39, 0.29) is 0 Å². The van der Waals surface area contributed by atoms with E-state index in [1.54, 1.807) is 0 Å². The second kappa shape index (κ2) is 14.8. The van der Waals surface area contributed by atoms with E-state index < -0.39 is 5.41 Å². The highest BCUT2D eigenvalue weighted by Crippen LogP contribution is 2.62. The van der Waals surface area contributed by atoms with Crippen molar-refractivity contribution in [2.75, 3.05) is 4.90 Å². The number of para-hydroxylation sites is 1. The molecule has 1 aromatic heterocycles. The summed E-state index contributed by atoms with van der Waals surface area (Å²) in [5.41, 5.74) is 15.2. The Hall–Kier alpha value is -6.65. The molecule has 1 aliphatic carbocycles. The first-order chi connectivity index (χ1) is 30.2. The molecule has 0 N–H and O–H groups in total. The lowest BCUT2D eigenvalue weighted by Crippen LogP contribution is -2.31. The van der Waals surface area contributed by atoms with E-state index in [4.69, 9.17) is 0 Å². The first-order valence-electron chi connectivity index (χ1n) is 21.3. The monoisotopic (exact) mass is 815 g/mol. The van der Waals surface area contributed by atoms with Crippen LogP contribution in [0.3, 0.4) is 0 Å². The van der Waals surface area contributed by atoms with Crippen molar-refractivity contribution in [1.82, 2.24) is 0 Å². The van der Waals surface area contributed by atoms with Crippen LogP contribution in [0, 0.1) is 0 Å². The third-order valence-corrected chi connectivity index (χ3v) is 15.3. The standard InChI is InChI=1S/C58H41NS2/c1-4-16-39(17-5-1)28-32-45(40-18-6-2-7-19-40)41-29-35-54-49(36-41)47-33-30-44(38-57(47)60-54)59(42-20-8-3-9-21-42)43-31-34-51-48(37-43)46-22-10-11-23-50(46)58(51)52-24-12-14-26-55(52)61-56-27-15-13-25-53(56)58/h1-27,29-31,33-38,45H,28,32H2. The Balaban J connectivity index is 0.981. The lowest BCUT2D eigenvalue weighted by Gasteiger charge is -2.39. The van der Waals surface area contributed by atoms with E-state index >= 15 is 0 Å². The molecule has 0 amide bonds. The van der Waals surface area contributed by atoms with E-state index in [9.17, 15) is 0 Å². The second-order valence-electron chi connectivity index (χ2n) is 16.3. The number of hydrogen-bond acceptors (Lipinski definition) is 3. The normalized spacial score (nSPS) is 13.7. The molecule has 1 aliphatic heterocycles. The van der Waals surface area contributed by atoms with Gasteiger partial charge in [0, 0.05) is 52.9 Å². The smallest absolute Gasteiger partial charge is 0.0735 e. The summed E-state index contributed by atoms with van der Waals surface area (Å²) in [5, 5.41) is 2.65. The summed E-state index contributed by atoms with van der Waals surface area (Å²) in [6.45, 7) is 0. The highest BCUT2D eigenvalue weighted by Gasteiger charge is 2.50. The van der Waals surface area contributed by atoms with Crippen LogP contribution in [0.4, 0.5) is 17.1 Å². The number of thiophene rings is 1. The van der Waals surface area contributed by atoms with Crippen LogP contribution < -0.4 is 4.90 Å². The van der Waals surface area contributed by atoms with Crippen LogP contribution in [-0.4, -0.2) is 0 Å². The highest BCUT2D eigenvalue weighted by molar-refractivity contribution is 7.99. The largest absolute Gasteiger partial charge is 0.310 e. The summed E-state index contributed by atoms with van der Waals surface area (Å²) in [7, 11) is 0. The zero-order valence-electron chi connectivity index (χ0n) is 33.5. The predicted octanol–water partition coefficient (Wildman–Crippen LogP) is 16.1. The minimum absolute atomic E-state index is 0.312. The minimum atomic E-state index is -0.392. The van der Waals surface area contributed by atoms with Gasteiger partial charge in [-0.05, 0) is 124 Å². The Morgan fingerprint density at radius 3 is 1.77 bits per heavy atom. The summed E-state index contributed by atoms with van der Waals surface area (Å²) in [5.74, 6) is 0.312. The van der Waals surface area contributed by atoms with Crippen molar-refractivity contribution in [1.29, 1.82) is 0 Å². The molecule has 61 heavy (non-hydrogen) atoms. The fourth-order valence-electron chi connectivity index (χ4n) is 10.3. The lowest BCUT2D eigenvalue weighted by atomic mass is 9.67. The van der Waals surface area contributed by atoms with Crippen molar-refractivity contribution in [2.24, 2.45) is 0 Å². The lowest BCUT2D eigenvalue weighted by molar-refractivity contribution is 0.716. The molecule has 2 aliphatic rings. The van der Waals surface area contributed by atoms with Gasteiger partial charge in [-0.3, -0.25) is 0 Å². The van der Waals surface area contributed by atoms with Crippen LogP contribution in [0.1, 0.15) is 51.3 Å². The van der Waals surface area contributed by atoms with E-state index in [1.807, 2.05) is 23.1 Å². The van der Waals surface area contributed by atoms with Crippen LogP contribution in [-0.2, 0) is 11.8 Å². The average Bonchev–Trinajstić information content (AvgIpc) is 3.83. The van der Waals surface area contributed by atoms with E-state index in [2.05, 4.69) is 223 Å². The number of fused-ring (bicyclic) bond motifs is 12. The molecule has 1 nitrogen and oxygen atoms in total. The molecule has 0 radical (unpaired) electrons. The third kappa shape index (κ3) is 5.90. The number of anilines is 3. The Bertz CT molecular complexity index is 3200. The third-order valence-electron chi connectivity index (χ3n) is 13.0. The van der Waals surface area contributed by atoms with Gasteiger partial charge in [0.05, 0.1) is 5.41 Å². The Kier molecular flexibility index (Phi) is 8.80. The maximum Gasteiger partial charge on any atom is 0.0735 e. The number of rotatable bonds is 8. The van der Waals surface area contributed by atoms with Gasteiger partial charge >= 0.3 is 0 Å². The zero-order valence-corrected chi connectivity index (χ0v) is 35.2. The molecule has 2 heterocycles. The zero-order chi connectivity index (χ0) is 40.3. The summed E-state index contributed by atoms with van der Waals surface area (Å²) in [6, 6.07) is 81.5. The highest BCUT2D eigenvalue weighted by atomic mass is 32.2. The number of hydrogen-bond donors (Lipinski definition) is 0. The average molecular weight is 816 g/mol. The maximum atomic E-state index is 2.47. The molecule has 1 atom stereocenters. The second-order valence-corrected chi connectivity index (χ2v) is 18.5. The molecule has 1 spiro atoms. The van der Waals surface area contributed by atoms with Gasteiger partial charge < -0.3 is 4.90 Å². The molecule has 290 valence electrons. The first kappa shape index (κ1) is 36.2. The summed E-state index contributed by atoms with van der Waals surface area (Å²) >= 11 is 3.79. The van der Waals surface area contributed by atoms with Gasteiger partial charge in [-0.1, -0.05) is 169 Å². The molecule has 0 bridgehead atoms. The quantitative estimate of drug-likeness (QED) is 0.150. The van der Waals surface area contributed by atoms with Crippen molar-refractivity contribution in [3.63, 3.8) is 0 Å². The SMILES string of the molecule is c1ccc(CCC(c2ccccc2)c2ccc3sc4cc(N(c5ccccc5)c5ccc6c(c5)-c5ccccc5C65c6ccccc6Sc6ccccc65)ccc4c3c2)cc1. The molecule has 10 aromatic rings. The van der Waals surface area contributed by atoms with Crippen LogP contribution in [0.25, 0.3) is 31.3 Å². The Labute approximate surface area is 365 Å². The van der Waals surface area contributed by atoms with E-state index in [0.29, 0.717) is 5.92 Å². The Morgan fingerprint density at radius 1 is 0.410 bits per heavy atom. The predicted molar refractivity (Wildman–Crippen MR) is 258 cm³/mol. The molecule has 0 fully saturated rings. The molecule has 12 rings (SSSR count). The fraction of sp³-hybridized carbons (Fsp3) is 0.0690. The van der Waals surface area contributed by atoms with Gasteiger partial charge in [-0.15, -0.1) is 11.3 Å². The van der Waals surface area contributed by atoms with Gasteiger partial charge in [-0.25, -0.2) is 0 Å². The van der Waals surface area contributed by atoms with E-state index in [1.165, 1.54) is 80.0 Å². The first-order valence-corrected chi connectivity index (χ1v) is 22.9. The molecule has 3 heteroatoms. The summed E-state index contributed by atoms with van der Waals surface area (Å²) in [4.78, 5) is 5.09. The topological polar surface area (TPSA) is 3.24 Å². The minimum Gasteiger partial charge on any atom is -0.310 e. The van der Waals surface area contributed by atoms with Crippen LogP contribution in [0.15, 0.2) is 228 Å². The van der Waals surface area contributed by atoms with Crippen LogP contribution >= 0.6 is 23.1 Å². The van der Waals surface area contributed by atoms with Crippen molar-refractivity contribution in [3.8, 4) is 11.1 Å². The van der Waals surface area contributed by atoms with Crippen molar-refractivity contribution in [3.05, 3.63) is 257 Å². The molecular formula is C58H41NS2. The number of aryl methyl sites for hydroxylation is 1. The van der Waals surface area contributed by atoms with Gasteiger partial charge in [-0.2, -0.15) is 0 Å². The molecule has 0 saturated heterocycles. The fourth-order valence-corrected chi connectivity index (χ4v) is 12.6. The van der Waals surface area contributed by atoms with E-state index in [0.717, 1.165) is 29.9 Å². The molecule has 1 unspecified atom stereocenters. The number of benzene rings is 9. The molecule has 9 aromatic carbocycles.